The van der Waals surface area contributed by atoms with Crippen LogP contribution in [0.3, 0.4) is 0 Å². The highest BCUT2D eigenvalue weighted by atomic mass is 16.1. The summed E-state index contributed by atoms with van der Waals surface area (Å²) in [6.45, 7) is 21.6. The minimum Gasteiger partial charge on any atom is -0.298 e. The lowest BCUT2D eigenvalue weighted by Gasteiger charge is -2.14. The van der Waals surface area contributed by atoms with Gasteiger partial charge < -0.3 is 0 Å². The van der Waals surface area contributed by atoms with E-state index in [9.17, 15) is 19.2 Å². The van der Waals surface area contributed by atoms with Crippen LogP contribution in [-0.4, -0.2) is 24.1 Å². The van der Waals surface area contributed by atoms with Crippen LogP contribution in [-0.2, 0) is 0 Å². The van der Waals surface area contributed by atoms with Gasteiger partial charge in [0, 0.05) is 45.4 Å². The summed E-state index contributed by atoms with van der Waals surface area (Å²) in [7, 11) is 0. The second-order valence-electron chi connectivity index (χ2n) is 10.00. The minimum absolute atomic E-state index is 0.128. The molecule has 0 bridgehead atoms. The molecule has 230 valence electrons. The second kappa shape index (κ2) is 20.7. The van der Waals surface area contributed by atoms with Crippen molar-refractivity contribution in [1.82, 2.24) is 0 Å². The molecule has 0 N–H and O–H groups in total. The Morgan fingerprint density at radius 1 is 0.558 bits per heavy atom. The Morgan fingerprint density at radius 2 is 0.860 bits per heavy atom. The maximum absolute atomic E-state index is 12.5. The minimum atomic E-state index is -0.259. The van der Waals surface area contributed by atoms with Crippen molar-refractivity contribution in [2.75, 3.05) is 0 Å². The van der Waals surface area contributed by atoms with Gasteiger partial charge in [0.1, 0.15) is 0 Å². The van der Waals surface area contributed by atoms with E-state index >= 15 is 0 Å². The van der Waals surface area contributed by atoms with Crippen molar-refractivity contribution in [3.8, 4) is 0 Å². The molecule has 4 rings (SSSR count). The number of fused-ring (bicyclic) bond motifs is 1. The van der Waals surface area contributed by atoms with Gasteiger partial charge in [-0.1, -0.05) is 144 Å². The van der Waals surface area contributed by atoms with E-state index in [1.54, 1.807) is 32.9 Å². The van der Waals surface area contributed by atoms with Gasteiger partial charge in [0.2, 0.25) is 0 Å². The molecule has 0 amide bonds. The Hall–Kier alpha value is -4.18. The zero-order valence-corrected chi connectivity index (χ0v) is 28.0. The molecule has 43 heavy (non-hydrogen) atoms. The van der Waals surface area contributed by atoms with Crippen molar-refractivity contribution in [3.63, 3.8) is 0 Å². The molecule has 0 unspecified atom stereocenters. The normalized spacial score (nSPS) is 9.49. The molecular formula is C39H50O4. The summed E-state index contributed by atoms with van der Waals surface area (Å²) >= 11 is 0. The third-order valence-corrected chi connectivity index (χ3v) is 6.33. The number of aryl methyl sites for hydroxylation is 4. The number of Topliss-reactive ketones (excluding diaryl/α,β-unsaturated/α-hetero) is 2. The average Bonchev–Trinajstić information content (AvgIpc) is 3.04. The quantitative estimate of drug-likeness (QED) is 0.167. The maximum Gasteiger partial charge on any atom is 0.166 e. The van der Waals surface area contributed by atoms with E-state index < -0.39 is 0 Å². The number of aldehydes is 2. The first-order chi connectivity index (χ1) is 20.5. The first-order valence-corrected chi connectivity index (χ1v) is 15.2. The Kier molecular flexibility index (Phi) is 18.6. The standard InChI is InChI=1S/C19H18O4.2C8H10.2C2H6/c1-4-16(22)14-7-8-15(19(23)11(2)3)18-13(10-21)6-5-12(9-20)17(14)18;2*1-7-3-5-8(2)6-4-7;2*1-2/h5-11H,4H2,1-3H3;2*3-6H,1-2H3;2*1-2H3. The van der Waals surface area contributed by atoms with Crippen LogP contribution in [0.15, 0.2) is 72.8 Å². The van der Waals surface area contributed by atoms with Gasteiger partial charge in [0.25, 0.3) is 0 Å². The van der Waals surface area contributed by atoms with Crippen molar-refractivity contribution in [1.29, 1.82) is 0 Å². The van der Waals surface area contributed by atoms with Gasteiger partial charge in [-0.15, -0.1) is 0 Å². The molecule has 4 aromatic carbocycles. The van der Waals surface area contributed by atoms with E-state index in [1.165, 1.54) is 34.4 Å². The van der Waals surface area contributed by atoms with Crippen molar-refractivity contribution in [3.05, 3.63) is 117 Å². The molecule has 0 atom stereocenters. The average molecular weight is 583 g/mol. The summed E-state index contributed by atoms with van der Waals surface area (Å²) in [6.07, 6.45) is 1.57. The number of hydrogen-bond acceptors (Lipinski definition) is 4. The third-order valence-electron chi connectivity index (χ3n) is 6.33. The number of ketones is 2. The Balaban J connectivity index is 0.000000716. The Bertz CT molecular complexity index is 1360. The van der Waals surface area contributed by atoms with Gasteiger partial charge in [0.05, 0.1) is 0 Å². The van der Waals surface area contributed by atoms with E-state index in [0.717, 1.165) is 0 Å². The number of rotatable bonds is 6. The highest BCUT2D eigenvalue weighted by molar-refractivity contribution is 6.21. The lowest BCUT2D eigenvalue weighted by molar-refractivity contribution is 0.0938. The molecule has 0 saturated carbocycles. The summed E-state index contributed by atoms with van der Waals surface area (Å²) < 4.78 is 0. The molecule has 4 aromatic rings. The van der Waals surface area contributed by atoms with Crippen LogP contribution < -0.4 is 0 Å². The smallest absolute Gasteiger partial charge is 0.166 e. The zero-order chi connectivity index (χ0) is 33.1. The molecule has 0 heterocycles. The third kappa shape index (κ3) is 11.9. The maximum atomic E-state index is 12.5. The van der Waals surface area contributed by atoms with Gasteiger partial charge in [0.15, 0.2) is 24.1 Å². The predicted molar refractivity (Wildman–Crippen MR) is 183 cm³/mol. The molecular weight excluding hydrogens is 532 g/mol. The molecule has 4 nitrogen and oxygen atoms in total. The van der Waals surface area contributed by atoms with Crippen LogP contribution in [0.4, 0.5) is 0 Å². The summed E-state index contributed by atoms with van der Waals surface area (Å²) in [5, 5.41) is 0.783. The van der Waals surface area contributed by atoms with Crippen LogP contribution >= 0.6 is 0 Å². The van der Waals surface area contributed by atoms with E-state index in [4.69, 9.17) is 0 Å². The summed E-state index contributed by atoms with van der Waals surface area (Å²) in [5.74, 6) is -0.522. The Morgan fingerprint density at radius 3 is 1.14 bits per heavy atom. The first kappa shape index (κ1) is 38.8. The monoisotopic (exact) mass is 582 g/mol. The van der Waals surface area contributed by atoms with Gasteiger partial charge in [-0.25, -0.2) is 0 Å². The van der Waals surface area contributed by atoms with Crippen LogP contribution in [0, 0.1) is 33.6 Å². The second-order valence-corrected chi connectivity index (χ2v) is 10.00. The fraction of sp³-hybridized carbons (Fsp3) is 0.333. The summed E-state index contributed by atoms with van der Waals surface area (Å²) in [6, 6.07) is 23.1. The molecule has 0 spiro atoms. The Labute approximate surface area is 259 Å². The van der Waals surface area contributed by atoms with Gasteiger partial charge in [-0.05, 0) is 27.7 Å². The van der Waals surface area contributed by atoms with Gasteiger partial charge in [-0.2, -0.15) is 0 Å². The fourth-order valence-corrected chi connectivity index (χ4v) is 3.96. The molecule has 0 fully saturated rings. The highest BCUT2D eigenvalue weighted by Crippen LogP contribution is 2.31. The van der Waals surface area contributed by atoms with Crippen LogP contribution in [0.1, 0.15) is 119 Å². The van der Waals surface area contributed by atoms with Crippen LogP contribution in [0.2, 0.25) is 0 Å². The lowest BCUT2D eigenvalue weighted by atomic mass is 9.87. The first-order valence-electron chi connectivity index (χ1n) is 15.2. The molecule has 4 heteroatoms. The molecule has 0 aliphatic heterocycles. The number of carbonyl (C=O) groups excluding carboxylic acids is 4. The van der Waals surface area contributed by atoms with E-state index in [-0.39, 0.29) is 23.9 Å². The highest BCUT2D eigenvalue weighted by Gasteiger charge is 2.21. The van der Waals surface area contributed by atoms with Crippen molar-refractivity contribution in [2.45, 2.75) is 82.6 Å². The molecule has 0 aliphatic rings. The van der Waals surface area contributed by atoms with Crippen molar-refractivity contribution >= 4 is 34.9 Å². The predicted octanol–water partition coefficient (Wildman–Crippen LogP) is 10.6. The molecule has 0 aliphatic carbocycles. The number of carbonyl (C=O) groups is 4. The largest absolute Gasteiger partial charge is 0.298 e. The summed E-state index contributed by atoms with van der Waals surface area (Å²) in [4.78, 5) is 47.6. The topological polar surface area (TPSA) is 68.3 Å². The SMILES string of the molecule is CC.CC.CCC(=O)c1ccc(C(=O)C(C)C)c2c(C=O)ccc(C=O)c12.Cc1ccc(C)cc1.Cc1ccc(C)cc1. The van der Waals surface area contributed by atoms with Crippen LogP contribution in [0.25, 0.3) is 10.8 Å². The van der Waals surface area contributed by atoms with Crippen LogP contribution in [0.5, 0.6) is 0 Å². The zero-order valence-electron chi connectivity index (χ0n) is 28.0. The van der Waals surface area contributed by atoms with Crippen molar-refractivity contribution in [2.24, 2.45) is 5.92 Å². The van der Waals surface area contributed by atoms with E-state index in [1.807, 2.05) is 27.7 Å². The fourth-order valence-electron chi connectivity index (χ4n) is 3.96. The van der Waals surface area contributed by atoms with E-state index in [2.05, 4.69) is 76.2 Å². The van der Waals surface area contributed by atoms with Gasteiger partial charge >= 0.3 is 0 Å². The number of hydrogen-bond donors (Lipinski definition) is 0. The summed E-state index contributed by atoms with van der Waals surface area (Å²) in [5.41, 5.74) is 6.67. The molecule has 0 aromatic heterocycles. The van der Waals surface area contributed by atoms with E-state index in [0.29, 0.717) is 45.6 Å². The lowest BCUT2D eigenvalue weighted by Crippen LogP contribution is -2.11. The van der Waals surface area contributed by atoms with Gasteiger partial charge in [-0.3, -0.25) is 19.2 Å². The van der Waals surface area contributed by atoms with Crippen molar-refractivity contribution < 1.29 is 19.2 Å². The molecule has 0 radical (unpaired) electrons. The number of benzene rings is 4. The molecule has 0 saturated heterocycles.